The Balaban J connectivity index is 2.20. The second-order valence-electron chi connectivity index (χ2n) is 5.49. The number of amides is 1. The number of piperidine rings is 1. The number of carbonyl (C=O) groups is 1. The van der Waals surface area contributed by atoms with Crippen LogP contribution in [0.4, 0.5) is 18.0 Å². The molecule has 1 unspecified atom stereocenters. The van der Waals surface area contributed by atoms with Crippen molar-refractivity contribution in [3.05, 3.63) is 23.0 Å². The predicted octanol–water partition coefficient (Wildman–Crippen LogP) is 2.56. The Labute approximate surface area is 146 Å². The summed E-state index contributed by atoms with van der Waals surface area (Å²) in [6, 6.07) is -0.202. The third kappa shape index (κ3) is 4.73. The molecule has 140 valence electrons. The highest BCUT2D eigenvalue weighted by Gasteiger charge is 2.34. The van der Waals surface area contributed by atoms with Gasteiger partial charge in [-0.25, -0.2) is 22.9 Å². The van der Waals surface area contributed by atoms with E-state index in [4.69, 9.17) is 16.7 Å². The Bertz CT molecular complexity index is 757. The first-order valence-electron chi connectivity index (χ1n) is 7.24. The number of halogens is 4. The van der Waals surface area contributed by atoms with E-state index < -0.39 is 43.9 Å². The standard InChI is InChI=1S/C13H15ClF3N3O4S/c14-11-10(5-8(6-18-11)13(15,16)17)25(23,24)19-7-9-3-1-2-4-20(9)12(21)22/h5-6,9,19H,1-4,7H2,(H,21,22). The molecule has 2 heterocycles. The minimum Gasteiger partial charge on any atom is -0.465 e. The van der Waals surface area contributed by atoms with Gasteiger partial charge in [-0.3, -0.25) is 0 Å². The van der Waals surface area contributed by atoms with Crippen molar-refractivity contribution < 1.29 is 31.5 Å². The number of carboxylic acid groups (broad SMARTS) is 1. The van der Waals surface area contributed by atoms with Crippen LogP contribution < -0.4 is 4.72 Å². The van der Waals surface area contributed by atoms with Crippen LogP contribution in [0.25, 0.3) is 0 Å². The van der Waals surface area contributed by atoms with Gasteiger partial charge >= 0.3 is 12.3 Å². The molecule has 2 N–H and O–H groups in total. The average molecular weight is 402 g/mol. The number of sulfonamides is 1. The summed E-state index contributed by atoms with van der Waals surface area (Å²) < 4.78 is 64.9. The molecular formula is C13H15ClF3N3O4S. The molecule has 2 rings (SSSR count). The second kappa shape index (κ2) is 7.34. The van der Waals surface area contributed by atoms with Gasteiger partial charge in [0.05, 0.1) is 5.56 Å². The van der Waals surface area contributed by atoms with Crippen molar-refractivity contribution in [1.82, 2.24) is 14.6 Å². The van der Waals surface area contributed by atoms with E-state index >= 15 is 0 Å². The number of rotatable bonds is 4. The van der Waals surface area contributed by atoms with Gasteiger partial charge in [0.15, 0.2) is 0 Å². The SMILES string of the molecule is O=C(O)N1CCCCC1CNS(=O)(=O)c1cc(C(F)(F)F)cnc1Cl. The number of aromatic nitrogens is 1. The molecule has 1 saturated heterocycles. The summed E-state index contributed by atoms with van der Waals surface area (Å²) in [6.07, 6.45) is -3.67. The van der Waals surface area contributed by atoms with Gasteiger partial charge in [0, 0.05) is 25.3 Å². The first-order chi connectivity index (χ1) is 11.5. The maximum absolute atomic E-state index is 12.7. The second-order valence-corrected chi connectivity index (χ2v) is 7.58. The van der Waals surface area contributed by atoms with Gasteiger partial charge in [0.2, 0.25) is 10.0 Å². The van der Waals surface area contributed by atoms with E-state index in [1.807, 2.05) is 0 Å². The van der Waals surface area contributed by atoms with E-state index in [1.165, 1.54) is 0 Å². The molecule has 1 fully saturated rings. The summed E-state index contributed by atoms with van der Waals surface area (Å²) in [5, 5.41) is 8.52. The molecule has 0 radical (unpaired) electrons. The van der Waals surface area contributed by atoms with Gasteiger partial charge in [-0.05, 0) is 25.3 Å². The zero-order valence-corrected chi connectivity index (χ0v) is 14.3. The molecule has 25 heavy (non-hydrogen) atoms. The fraction of sp³-hybridized carbons (Fsp3) is 0.538. The summed E-state index contributed by atoms with van der Waals surface area (Å²) >= 11 is 5.63. The van der Waals surface area contributed by atoms with Crippen molar-refractivity contribution >= 4 is 27.7 Å². The van der Waals surface area contributed by atoms with Gasteiger partial charge in [0.1, 0.15) is 10.0 Å². The quantitative estimate of drug-likeness (QED) is 0.755. The van der Waals surface area contributed by atoms with Crippen LogP contribution in [0.2, 0.25) is 5.15 Å². The molecule has 0 saturated carbocycles. The Hall–Kier alpha value is -1.59. The summed E-state index contributed by atoms with van der Waals surface area (Å²) in [6.45, 7) is 0.00874. The molecule has 1 aliphatic rings. The van der Waals surface area contributed by atoms with E-state index in [-0.39, 0.29) is 13.1 Å². The summed E-state index contributed by atoms with van der Waals surface area (Å²) in [4.78, 5) is 14.7. The highest BCUT2D eigenvalue weighted by molar-refractivity contribution is 7.89. The lowest BCUT2D eigenvalue weighted by atomic mass is 10.0. The number of nitrogens with one attached hydrogen (secondary N) is 1. The smallest absolute Gasteiger partial charge is 0.417 e. The van der Waals surface area contributed by atoms with Gasteiger partial charge in [-0.1, -0.05) is 11.6 Å². The number of likely N-dealkylation sites (tertiary alicyclic amines) is 1. The number of pyridine rings is 1. The van der Waals surface area contributed by atoms with Crippen LogP contribution in [-0.4, -0.2) is 48.6 Å². The first kappa shape index (κ1) is 19.7. The number of hydrogen-bond acceptors (Lipinski definition) is 4. The molecule has 0 spiro atoms. The van der Waals surface area contributed by atoms with Crippen LogP contribution >= 0.6 is 11.6 Å². The molecule has 12 heteroatoms. The van der Waals surface area contributed by atoms with E-state index in [2.05, 4.69) is 9.71 Å². The van der Waals surface area contributed by atoms with E-state index in [1.54, 1.807) is 0 Å². The lowest BCUT2D eigenvalue weighted by Crippen LogP contribution is -2.48. The van der Waals surface area contributed by atoms with Crippen molar-refractivity contribution in [3.63, 3.8) is 0 Å². The van der Waals surface area contributed by atoms with Crippen LogP contribution in [0.15, 0.2) is 17.2 Å². The van der Waals surface area contributed by atoms with Crippen molar-refractivity contribution in [3.8, 4) is 0 Å². The van der Waals surface area contributed by atoms with E-state index in [0.29, 0.717) is 25.1 Å². The van der Waals surface area contributed by atoms with Crippen molar-refractivity contribution in [2.45, 2.75) is 36.4 Å². The fourth-order valence-electron chi connectivity index (χ4n) is 2.52. The minimum atomic E-state index is -4.77. The van der Waals surface area contributed by atoms with Crippen LogP contribution in [0.1, 0.15) is 24.8 Å². The number of alkyl halides is 3. The van der Waals surface area contributed by atoms with Crippen LogP contribution in [-0.2, 0) is 16.2 Å². The molecule has 1 aliphatic heterocycles. The maximum atomic E-state index is 12.7. The van der Waals surface area contributed by atoms with E-state index in [9.17, 15) is 26.4 Å². The van der Waals surface area contributed by atoms with Gasteiger partial charge in [-0.2, -0.15) is 13.2 Å². The zero-order chi connectivity index (χ0) is 18.8. The largest absolute Gasteiger partial charge is 0.465 e. The van der Waals surface area contributed by atoms with E-state index in [0.717, 1.165) is 11.3 Å². The number of nitrogens with zero attached hydrogens (tertiary/aromatic N) is 2. The molecular weight excluding hydrogens is 387 g/mol. The lowest BCUT2D eigenvalue weighted by molar-refractivity contribution is -0.138. The van der Waals surface area contributed by atoms with Crippen LogP contribution in [0, 0.1) is 0 Å². The normalized spacial score (nSPS) is 19.0. The van der Waals surface area contributed by atoms with Crippen molar-refractivity contribution in [1.29, 1.82) is 0 Å². The van der Waals surface area contributed by atoms with Gasteiger partial charge in [0.25, 0.3) is 0 Å². The van der Waals surface area contributed by atoms with Gasteiger partial charge < -0.3 is 10.0 Å². The van der Waals surface area contributed by atoms with Crippen LogP contribution in [0.3, 0.4) is 0 Å². The molecule has 1 atom stereocenters. The summed E-state index contributed by atoms with van der Waals surface area (Å²) in [5.74, 6) is 0. The molecule has 0 aliphatic carbocycles. The zero-order valence-electron chi connectivity index (χ0n) is 12.8. The Morgan fingerprint density at radius 2 is 2.12 bits per heavy atom. The van der Waals surface area contributed by atoms with Crippen molar-refractivity contribution in [2.75, 3.05) is 13.1 Å². The molecule has 1 aromatic heterocycles. The van der Waals surface area contributed by atoms with Crippen molar-refractivity contribution in [2.24, 2.45) is 0 Å². The Morgan fingerprint density at radius 1 is 1.44 bits per heavy atom. The molecule has 7 nitrogen and oxygen atoms in total. The highest BCUT2D eigenvalue weighted by atomic mass is 35.5. The monoisotopic (exact) mass is 401 g/mol. The summed E-state index contributed by atoms with van der Waals surface area (Å²) in [5.41, 5.74) is -1.25. The summed E-state index contributed by atoms with van der Waals surface area (Å²) in [7, 11) is -4.39. The molecule has 1 amide bonds. The first-order valence-corrected chi connectivity index (χ1v) is 9.10. The maximum Gasteiger partial charge on any atom is 0.417 e. The lowest BCUT2D eigenvalue weighted by Gasteiger charge is -2.33. The Morgan fingerprint density at radius 3 is 2.72 bits per heavy atom. The predicted molar refractivity (Wildman–Crippen MR) is 81.8 cm³/mol. The molecule has 0 bridgehead atoms. The number of hydrogen-bond donors (Lipinski definition) is 2. The average Bonchev–Trinajstić information content (AvgIpc) is 2.52. The third-order valence-electron chi connectivity index (χ3n) is 3.81. The molecule has 0 aromatic carbocycles. The topological polar surface area (TPSA) is 99.6 Å². The highest BCUT2D eigenvalue weighted by Crippen LogP contribution is 2.32. The molecule has 1 aromatic rings. The minimum absolute atomic E-state index is 0.263. The fourth-order valence-corrected chi connectivity index (χ4v) is 4.05. The third-order valence-corrected chi connectivity index (χ3v) is 5.66. The Kier molecular flexibility index (Phi) is 5.79. The van der Waals surface area contributed by atoms with Gasteiger partial charge in [-0.15, -0.1) is 0 Å². The van der Waals surface area contributed by atoms with Crippen LogP contribution in [0.5, 0.6) is 0 Å².